The van der Waals surface area contributed by atoms with Gasteiger partial charge in [0, 0.05) is 13.2 Å². The molecule has 26 heavy (non-hydrogen) atoms. The van der Waals surface area contributed by atoms with Crippen LogP contribution in [0, 0.1) is 12.7 Å². The number of nitrogens with one attached hydrogen (secondary N) is 1. The van der Waals surface area contributed by atoms with Crippen molar-refractivity contribution in [2.45, 2.75) is 45.8 Å². The fourth-order valence-electron chi connectivity index (χ4n) is 2.80. The van der Waals surface area contributed by atoms with Gasteiger partial charge in [-0.25, -0.2) is 4.39 Å². The third-order valence-corrected chi connectivity index (χ3v) is 5.24. The number of hydrogen-bond donors (Lipinski definition) is 1. The summed E-state index contributed by atoms with van der Waals surface area (Å²) in [5, 5.41) is 6.53. The number of aromatic nitrogens is 2. The molecule has 1 aromatic heterocycles. The van der Waals surface area contributed by atoms with Gasteiger partial charge in [-0.2, -0.15) is 5.10 Å². The van der Waals surface area contributed by atoms with Gasteiger partial charge in [-0.15, -0.1) is 0 Å². The first-order chi connectivity index (χ1) is 12.0. The van der Waals surface area contributed by atoms with E-state index in [9.17, 15) is 9.18 Å². The smallest absolute Gasteiger partial charge is 0.399 e. The number of rotatable bonds is 3. The number of hydrogen-bond acceptors (Lipinski definition) is 4. The quantitative estimate of drug-likeness (QED) is 0.855. The molecule has 138 valence electrons. The summed E-state index contributed by atoms with van der Waals surface area (Å²) in [6.07, 6.45) is 1.51. The minimum atomic E-state index is -0.656. The molecular formula is C18H23BFN3O3. The summed E-state index contributed by atoms with van der Waals surface area (Å²) in [6, 6.07) is 4.81. The first-order valence-corrected chi connectivity index (χ1v) is 8.47. The molecule has 1 aliphatic rings. The Labute approximate surface area is 152 Å². The summed E-state index contributed by atoms with van der Waals surface area (Å²) < 4.78 is 28.3. The molecule has 0 aliphatic carbocycles. The molecule has 1 saturated heterocycles. The zero-order valence-corrected chi connectivity index (χ0v) is 15.9. The molecule has 2 heterocycles. The highest BCUT2D eigenvalue weighted by Crippen LogP contribution is 2.37. The molecule has 1 aliphatic heterocycles. The van der Waals surface area contributed by atoms with E-state index in [1.165, 1.54) is 16.9 Å². The van der Waals surface area contributed by atoms with Crippen molar-refractivity contribution in [1.29, 1.82) is 0 Å². The molecule has 1 fully saturated rings. The predicted octanol–water partition coefficient (Wildman–Crippen LogP) is 2.42. The van der Waals surface area contributed by atoms with Crippen LogP contribution in [-0.2, 0) is 16.4 Å². The Morgan fingerprint density at radius 1 is 1.19 bits per heavy atom. The van der Waals surface area contributed by atoms with Crippen LogP contribution in [0.5, 0.6) is 0 Å². The van der Waals surface area contributed by atoms with E-state index in [0.29, 0.717) is 16.7 Å². The summed E-state index contributed by atoms with van der Waals surface area (Å²) >= 11 is 0. The Morgan fingerprint density at radius 2 is 1.81 bits per heavy atom. The third-order valence-electron chi connectivity index (χ3n) is 5.24. The van der Waals surface area contributed by atoms with Crippen molar-refractivity contribution < 1.29 is 18.5 Å². The monoisotopic (exact) mass is 359 g/mol. The second-order valence-corrected chi connectivity index (χ2v) is 7.52. The standard InChI is InChI=1S/C18H23BFN3O3/c1-11-12(19-25-17(2,3)18(4,5)26-19)7-8-13(15(11)20)22-16(24)14-9-10-21-23(14)6/h7-10H,1-6H3,(H,22,24). The minimum Gasteiger partial charge on any atom is -0.399 e. The SMILES string of the molecule is Cc1c(B2OC(C)(C)C(C)(C)O2)ccc(NC(=O)c2ccnn2C)c1F. The van der Waals surface area contributed by atoms with Crippen molar-refractivity contribution in [1.82, 2.24) is 9.78 Å². The molecule has 0 bridgehead atoms. The topological polar surface area (TPSA) is 65.4 Å². The van der Waals surface area contributed by atoms with Crippen LogP contribution in [0.25, 0.3) is 0 Å². The predicted molar refractivity (Wildman–Crippen MR) is 98.0 cm³/mol. The number of halogens is 1. The third kappa shape index (κ3) is 3.03. The lowest BCUT2D eigenvalue weighted by Crippen LogP contribution is -2.41. The molecule has 0 unspecified atom stereocenters. The number of amides is 1. The van der Waals surface area contributed by atoms with Crippen LogP contribution in [0.2, 0.25) is 0 Å². The maximum absolute atomic E-state index is 14.9. The maximum atomic E-state index is 14.9. The van der Waals surface area contributed by atoms with Gasteiger partial charge in [-0.1, -0.05) is 6.07 Å². The van der Waals surface area contributed by atoms with Crippen LogP contribution in [0.3, 0.4) is 0 Å². The van der Waals surface area contributed by atoms with E-state index in [1.807, 2.05) is 27.7 Å². The lowest BCUT2D eigenvalue weighted by molar-refractivity contribution is 0.00578. The van der Waals surface area contributed by atoms with Crippen LogP contribution < -0.4 is 10.8 Å². The zero-order valence-electron chi connectivity index (χ0n) is 15.9. The van der Waals surface area contributed by atoms with Crippen LogP contribution in [0.1, 0.15) is 43.7 Å². The molecule has 0 radical (unpaired) electrons. The molecule has 0 spiro atoms. The molecule has 3 rings (SSSR count). The maximum Gasteiger partial charge on any atom is 0.495 e. The first kappa shape index (κ1) is 18.6. The molecule has 0 atom stereocenters. The number of carbonyl (C=O) groups is 1. The number of anilines is 1. The van der Waals surface area contributed by atoms with Crippen molar-refractivity contribution in [3.63, 3.8) is 0 Å². The summed E-state index contributed by atoms with van der Waals surface area (Å²) in [4.78, 5) is 12.3. The summed E-state index contributed by atoms with van der Waals surface area (Å²) in [5.74, 6) is -0.931. The molecule has 6 nitrogen and oxygen atoms in total. The van der Waals surface area contributed by atoms with E-state index >= 15 is 0 Å². The number of carbonyl (C=O) groups excluding carboxylic acids is 1. The largest absolute Gasteiger partial charge is 0.495 e. The van der Waals surface area contributed by atoms with E-state index in [4.69, 9.17) is 9.31 Å². The molecule has 1 amide bonds. The van der Waals surface area contributed by atoms with Crippen molar-refractivity contribution in [2.24, 2.45) is 7.05 Å². The van der Waals surface area contributed by atoms with Crippen molar-refractivity contribution in [2.75, 3.05) is 5.32 Å². The lowest BCUT2D eigenvalue weighted by atomic mass is 9.76. The van der Waals surface area contributed by atoms with Gasteiger partial charge in [0.1, 0.15) is 11.5 Å². The van der Waals surface area contributed by atoms with Crippen LogP contribution >= 0.6 is 0 Å². The normalized spacial score (nSPS) is 18.2. The van der Waals surface area contributed by atoms with E-state index in [1.54, 1.807) is 26.1 Å². The van der Waals surface area contributed by atoms with E-state index in [-0.39, 0.29) is 5.69 Å². The molecule has 8 heteroatoms. The highest BCUT2D eigenvalue weighted by Gasteiger charge is 2.52. The van der Waals surface area contributed by atoms with Gasteiger partial charge in [0.15, 0.2) is 0 Å². The van der Waals surface area contributed by atoms with Gasteiger partial charge in [0.2, 0.25) is 0 Å². The second kappa shape index (κ2) is 6.21. The van der Waals surface area contributed by atoms with E-state index < -0.39 is 30.0 Å². The minimum absolute atomic E-state index is 0.106. The zero-order chi connectivity index (χ0) is 19.3. The molecule has 2 aromatic rings. The highest BCUT2D eigenvalue weighted by molar-refractivity contribution is 6.62. The molecule has 0 saturated carbocycles. The van der Waals surface area contributed by atoms with Gasteiger partial charge in [0.05, 0.1) is 16.9 Å². The van der Waals surface area contributed by atoms with Gasteiger partial charge in [-0.05, 0) is 57.8 Å². The van der Waals surface area contributed by atoms with Gasteiger partial charge < -0.3 is 14.6 Å². The number of aryl methyl sites for hydroxylation is 1. The fourth-order valence-corrected chi connectivity index (χ4v) is 2.80. The van der Waals surface area contributed by atoms with Crippen molar-refractivity contribution >= 4 is 24.2 Å². The Morgan fingerprint density at radius 3 is 2.35 bits per heavy atom. The average molecular weight is 359 g/mol. The second-order valence-electron chi connectivity index (χ2n) is 7.52. The highest BCUT2D eigenvalue weighted by atomic mass is 19.1. The molecule has 1 aromatic carbocycles. The van der Waals surface area contributed by atoms with Gasteiger partial charge >= 0.3 is 7.12 Å². The van der Waals surface area contributed by atoms with Gasteiger partial charge in [-0.3, -0.25) is 9.48 Å². The fraction of sp³-hybridized carbons (Fsp3) is 0.444. The number of nitrogens with zero attached hydrogens (tertiary/aromatic N) is 2. The molecular weight excluding hydrogens is 336 g/mol. The average Bonchev–Trinajstić information content (AvgIpc) is 3.05. The van der Waals surface area contributed by atoms with E-state index in [2.05, 4.69) is 10.4 Å². The Hall–Kier alpha value is -2.19. The van der Waals surface area contributed by atoms with E-state index in [0.717, 1.165) is 0 Å². The summed E-state index contributed by atoms with van der Waals surface area (Å²) in [5.41, 5.74) is 0.428. The van der Waals surface area contributed by atoms with Crippen molar-refractivity contribution in [3.8, 4) is 0 Å². The van der Waals surface area contributed by atoms with Crippen molar-refractivity contribution in [3.05, 3.63) is 41.5 Å². The first-order valence-electron chi connectivity index (χ1n) is 8.47. The Balaban J connectivity index is 1.86. The van der Waals surface area contributed by atoms with Gasteiger partial charge in [0.25, 0.3) is 5.91 Å². The molecule has 1 N–H and O–H groups in total. The van der Waals surface area contributed by atoms with Crippen LogP contribution in [-0.4, -0.2) is 34.0 Å². The summed E-state index contributed by atoms with van der Waals surface area (Å²) in [7, 11) is 0.995. The van der Waals surface area contributed by atoms with Crippen LogP contribution in [0.4, 0.5) is 10.1 Å². The summed E-state index contributed by atoms with van der Waals surface area (Å²) in [6.45, 7) is 9.43. The Bertz CT molecular complexity index is 847. The van der Waals surface area contributed by atoms with Crippen LogP contribution in [0.15, 0.2) is 24.4 Å². The Kier molecular flexibility index (Phi) is 4.44. The lowest BCUT2D eigenvalue weighted by Gasteiger charge is -2.32. The number of benzene rings is 1.